The Kier molecular flexibility index (Phi) is 2.82. The van der Waals surface area contributed by atoms with E-state index in [9.17, 15) is 4.39 Å². The van der Waals surface area contributed by atoms with E-state index in [1.165, 1.54) is 0 Å². The fourth-order valence-corrected chi connectivity index (χ4v) is 2.12. The van der Waals surface area contributed by atoms with Gasteiger partial charge in [0.25, 0.3) is 0 Å². The van der Waals surface area contributed by atoms with Gasteiger partial charge in [0, 0.05) is 29.0 Å². The van der Waals surface area contributed by atoms with Crippen molar-refractivity contribution >= 4 is 27.5 Å². The van der Waals surface area contributed by atoms with Crippen molar-refractivity contribution in [3.8, 4) is 0 Å². The lowest BCUT2D eigenvalue weighted by Crippen LogP contribution is -2.57. The number of nitrogens with one attached hydrogen (secondary N) is 1. The topological polar surface area (TPSA) is 12.0 Å². The van der Waals surface area contributed by atoms with Crippen LogP contribution in [0, 0.1) is 0 Å². The predicted molar refractivity (Wildman–Crippen MR) is 59.6 cm³/mol. The van der Waals surface area contributed by atoms with Gasteiger partial charge in [-0.15, -0.1) is 0 Å². The fraction of sp³-hybridized carbons (Fsp3) is 0.400. The zero-order valence-electron chi connectivity index (χ0n) is 7.49. The maximum absolute atomic E-state index is 13.8. The molecule has 0 bridgehead atoms. The molecule has 1 aromatic rings. The first-order valence-electron chi connectivity index (χ1n) is 4.43. The van der Waals surface area contributed by atoms with Crippen molar-refractivity contribution in [3.63, 3.8) is 0 Å². The lowest BCUT2D eigenvalue weighted by atomic mass is 9.91. The molecule has 0 saturated carbocycles. The first kappa shape index (κ1) is 10.4. The van der Waals surface area contributed by atoms with Crippen molar-refractivity contribution in [3.05, 3.63) is 33.3 Å². The van der Waals surface area contributed by atoms with Gasteiger partial charge in [-0.1, -0.05) is 27.5 Å². The van der Waals surface area contributed by atoms with E-state index in [4.69, 9.17) is 11.6 Å². The first-order valence-corrected chi connectivity index (χ1v) is 5.60. The van der Waals surface area contributed by atoms with Gasteiger partial charge in [0.1, 0.15) is 5.67 Å². The summed E-state index contributed by atoms with van der Waals surface area (Å²) in [5.41, 5.74) is -0.158. The largest absolute Gasteiger partial charge is 0.310 e. The highest BCUT2D eigenvalue weighted by atomic mass is 79.9. The van der Waals surface area contributed by atoms with Gasteiger partial charge in [-0.25, -0.2) is 4.39 Å². The molecule has 1 aliphatic heterocycles. The van der Waals surface area contributed by atoms with Crippen LogP contribution in [0.4, 0.5) is 4.39 Å². The average Bonchev–Trinajstić information content (AvgIpc) is 2.09. The van der Waals surface area contributed by atoms with Crippen LogP contribution in [0.2, 0.25) is 5.02 Å². The smallest absolute Gasteiger partial charge is 0.139 e. The number of benzene rings is 1. The van der Waals surface area contributed by atoms with Crippen molar-refractivity contribution in [1.29, 1.82) is 0 Å². The summed E-state index contributed by atoms with van der Waals surface area (Å²) in [7, 11) is 0. The molecule has 0 amide bonds. The van der Waals surface area contributed by atoms with Gasteiger partial charge in [0.2, 0.25) is 0 Å². The van der Waals surface area contributed by atoms with Gasteiger partial charge in [0.05, 0.1) is 0 Å². The lowest BCUT2D eigenvalue weighted by Gasteiger charge is -2.35. The van der Waals surface area contributed by atoms with Crippen LogP contribution < -0.4 is 5.32 Å². The Morgan fingerprint density at radius 3 is 2.79 bits per heavy atom. The number of alkyl halides is 1. The van der Waals surface area contributed by atoms with E-state index in [1.54, 1.807) is 6.07 Å². The molecule has 1 heterocycles. The Bertz CT molecular complexity index is 352. The van der Waals surface area contributed by atoms with Crippen LogP contribution >= 0.6 is 27.5 Å². The van der Waals surface area contributed by atoms with Crippen LogP contribution in [0.1, 0.15) is 5.56 Å². The highest BCUT2D eigenvalue weighted by Gasteiger charge is 2.37. The van der Waals surface area contributed by atoms with E-state index in [-0.39, 0.29) is 0 Å². The molecule has 1 aliphatic rings. The van der Waals surface area contributed by atoms with Crippen LogP contribution in [0.3, 0.4) is 0 Å². The van der Waals surface area contributed by atoms with Crippen molar-refractivity contribution < 1.29 is 4.39 Å². The number of hydrogen-bond acceptors (Lipinski definition) is 1. The van der Waals surface area contributed by atoms with Gasteiger partial charge in [0.15, 0.2) is 0 Å². The summed E-state index contributed by atoms with van der Waals surface area (Å²) in [6, 6.07) is 5.46. The fourth-order valence-electron chi connectivity index (χ4n) is 1.54. The molecular weight excluding hydrogens is 268 g/mol. The minimum absolute atomic E-state index is 0.418. The van der Waals surface area contributed by atoms with E-state index in [0.29, 0.717) is 24.5 Å². The number of halogens is 3. The minimum atomic E-state index is -1.09. The lowest BCUT2D eigenvalue weighted by molar-refractivity contribution is 0.0910. The second kappa shape index (κ2) is 3.80. The molecule has 2 rings (SSSR count). The van der Waals surface area contributed by atoms with E-state index in [1.807, 2.05) is 12.1 Å². The Hall–Kier alpha value is -0.120. The molecule has 1 nitrogen and oxygen atoms in total. The maximum Gasteiger partial charge on any atom is 0.139 e. The van der Waals surface area contributed by atoms with Crippen molar-refractivity contribution in [2.75, 3.05) is 13.1 Å². The maximum atomic E-state index is 13.8. The summed E-state index contributed by atoms with van der Waals surface area (Å²) in [4.78, 5) is 0. The summed E-state index contributed by atoms with van der Waals surface area (Å²) >= 11 is 9.24. The third-order valence-corrected chi connectivity index (χ3v) is 3.41. The van der Waals surface area contributed by atoms with Gasteiger partial charge in [-0.2, -0.15) is 0 Å². The quantitative estimate of drug-likeness (QED) is 0.877. The summed E-state index contributed by atoms with van der Waals surface area (Å²) in [5, 5.41) is 3.58. The predicted octanol–water partition coefficient (Wildman–Crippen LogP) is 2.96. The van der Waals surface area contributed by atoms with Crippen molar-refractivity contribution in [2.24, 2.45) is 0 Å². The molecule has 0 unspecified atom stereocenters. The zero-order valence-corrected chi connectivity index (χ0v) is 9.83. The molecular formula is C10H10BrClFN. The average molecular weight is 279 g/mol. The van der Waals surface area contributed by atoms with Crippen LogP contribution in [0.5, 0.6) is 0 Å². The van der Waals surface area contributed by atoms with E-state index < -0.39 is 5.67 Å². The third kappa shape index (κ3) is 2.10. The van der Waals surface area contributed by atoms with Crippen LogP contribution in [0.25, 0.3) is 0 Å². The molecule has 1 aromatic carbocycles. The van der Waals surface area contributed by atoms with Crippen molar-refractivity contribution in [1.82, 2.24) is 5.32 Å². The highest BCUT2D eigenvalue weighted by molar-refractivity contribution is 9.10. The molecule has 1 fully saturated rings. The summed E-state index contributed by atoms with van der Waals surface area (Å²) < 4.78 is 14.7. The van der Waals surface area contributed by atoms with E-state index in [2.05, 4.69) is 21.2 Å². The minimum Gasteiger partial charge on any atom is -0.310 e. The zero-order chi connectivity index (χ0) is 10.2. The first-order chi connectivity index (χ1) is 6.59. The second-order valence-corrected chi connectivity index (χ2v) is 4.96. The molecule has 0 atom stereocenters. The molecule has 0 aliphatic carbocycles. The number of rotatable bonds is 2. The second-order valence-electron chi connectivity index (χ2n) is 3.67. The molecule has 14 heavy (non-hydrogen) atoms. The Labute approximate surface area is 95.8 Å². The Balaban J connectivity index is 2.19. The van der Waals surface area contributed by atoms with Crippen LogP contribution in [-0.4, -0.2) is 18.8 Å². The van der Waals surface area contributed by atoms with Gasteiger partial charge in [-0.3, -0.25) is 0 Å². The third-order valence-electron chi connectivity index (χ3n) is 2.40. The molecule has 0 radical (unpaired) electrons. The molecule has 4 heteroatoms. The van der Waals surface area contributed by atoms with Gasteiger partial charge in [-0.05, 0) is 23.8 Å². The van der Waals surface area contributed by atoms with Gasteiger partial charge < -0.3 is 5.32 Å². The van der Waals surface area contributed by atoms with Crippen molar-refractivity contribution in [2.45, 2.75) is 12.1 Å². The normalized spacial score (nSPS) is 19.1. The van der Waals surface area contributed by atoms with Crippen LogP contribution in [0.15, 0.2) is 22.7 Å². The molecule has 0 spiro atoms. The molecule has 0 aromatic heterocycles. The highest BCUT2D eigenvalue weighted by Crippen LogP contribution is 2.28. The van der Waals surface area contributed by atoms with E-state index in [0.717, 1.165) is 10.0 Å². The Morgan fingerprint density at radius 1 is 1.50 bits per heavy atom. The Morgan fingerprint density at radius 2 is 2.21 bits per heavy atom. The van der Waals surface area contributed by atoms with Gasteiger partial charge >= 0.3 is 0 Å². The van der Waals surface area contributed by atoms with Crippen LogP contribution in [-0.2, 0) is 6.42 Å². The monoisotopic (exact) mass is 277 g/mol. The standard InChI is InChI=1S/C10H10BrClFN/c11-9-2-1-8(12)3-7(9)4-10(13)5-14-6-10/h1-3,14H,4-6H2. The molecule has 1 N–H and O–H groups in total. The summed E-state index contributed by atoms with van der Waals surface area (Å²) in [6.07, 6.45) is 0.418. The molecule has 1 saturated heterocycles. The summed E-state index contributed by atoms with van der Waals surface area (Å²) in [6.45, 7) is 0.873. The number of hydrogen-bond donors (Lipinski definition) is 1. The summed E-state index contributed by atoms with van der Waals surface area (Å²) in [5.74, 6) is 0. The molecule has 76 valence electrons. The van der Waals surface area contributed by atoms with E-state index >= 15 is 0 Å². The SMILES string of the molecule is FC1(Cc2cc(Cl)ccc2Br)CNC1.